The van der Waals surface area contributed by atoms with E-state index in [1.165, 1.54) is 10.7 Å². The third-order valence-corrected chi connectivity index (χ3v) is 13.5. The van der Waals surface area contributed by atoms with Crippen molar-refractivity contribution in [2.75, 3.05) is 33.0 Å². The van der Waals surface area contributed by atoms with Gasteiger partial charge < -0.3 is 15.0 Å². The number of likely N-dealkylation sites (N-methyl/N-ethyl adjacent to an activating group) is 1. The van der Waals surface area contributed by atoms with E-state index in [0.717, 1.165) is 48.4 Å². The van der Waals surface area contributed by atoms with Gasteiger partial charge >= 0.3 is 0 Å². The minimum absolute atomic E-state index is 0.00924. The Hall–Kier alpha value is -2.46. The molecular formula is C40H62N4O4S. The second kappa shape index (κ2) is 15.0. The first-order valence-corrected chi connectivity index (χ1v) is 20.1. The molecule has 2 aromatic rings. The number of amides is 1. The Bertz CT molecular complexity index is 1550. The van der Waals surface area contributed by atoms with E-state index >= 15 is 0 Å². The van der Waals surface area contributed by atoms with Crippen molar-refractivity contribution in [2.45, 2.75) is 112 Å². The number of fused-ring (bicyclic) bond motifs is 2. The molecule has 1 N–H and O–H groups in total. The summed E-state index contributed by atoms with van der Waals surface area (Å²) in [4.78, 5) is 18.5. The van der Waals surface area contributed by atoms with Crippen LogP contribution < -0.4 is 10.1 Å². The van der Waals surface area contributed by atoms with Gasteiger partial charge in [-0.2, -0.15) is 4.31 Å². The highest BCUT2D eigenvalue weighted by Crippen LogP contribution is 2.61. The maximum Gasteiger partial charge on any atom is 0.238 e. The molecule has 49 heavy (non-hydrogen) atoms. The molecule has 6 rings (SSSR count). The summed E-state index contributed by atoms with van der Waals surface area (Å²) in [7, 11) is 0.712. The number of hydrogen-bond donors (Lipinski definition) is 1. The maximum absolute atomic E-state index is 13.7. The van der Waals surface area contributed by atoms with Gasteiger partial charge in [-0.1, -0.05) is 84.0 Å². The van der Waals surface area contributed by atoms with Crippen LogP contribution in [0.1, 0.15) is 90.8 Å². The lowest BCUT2D eigenvalue weighted by Gasteiger charge is -2.62. The van der Waals surface area contributed by atoms with Crippen LogP contribution in [0.4, 0.5) is 0 Å². The number of para-hydroxylation sites is 1. The molecule has 1 amide bonds. The van der Waals surface area contributed by atoms with Crippen molar-refractivity contribution in [3.63, 3.8) is 0 Å². The molecule has 6 atom stereocenters. The molecule has 0 radical (unpaired) electrons. The summed E-state index contributed by atoms with van der Waals surface area (Å²) >= 11 is 0. The van der Waals surface area contributed by atoms with Crippen LogP contribution in [0, 0.1) is 28.6 Å². The molecule has 0 aromatic heterocycles. The largest absolute Gasteiger partial charge is 0.494 e. The first-order chi connectivity index (χ1) is 23.0. The SMILES string of the molecule is CCOc1ccccc1CN(Cc1cccc(CN2C(C(=O)NC3CC4CC(C3C)C4(C)C)CCS2(=O)=O)c1)C(CN(C)C)CC(C)(C)C. The fourth-order valence-electron chi connectivity index (χ4n) is 8.95. The second-order valence-corrected chi connectivity index (χ2v) is 19.2. The monoisotopic (exact) mass is 694 g/mol. The Labute approximate surface area is 297 Å². The maximum atomic E-state index is 13.7. The summed E-state index contributed by atoms with van der Waals surface area (Å²) < 4.78 is 34.3. The van der Waals surface area contributed by atoms with Crippen LogP contribution in [0.25, 0.3) is 0 Å². The van der Waals surface area contributed by atoms with Crippen LogP contribution in [-0.2, 0) is 34.5 Å². The van der Waals surface area contributed by atoms with Gasteiger partial charge in [-0.05, 0) is 92.5 Å². The molecule has 1 aliphatic heterocycles. The highest BCUT2D eigenvalue weighted by Gasteiger charge is 2.56. The molecule has 2 bridgehead atoms. The molecule has 8 nitrogen and oxygen atoms in total. The molecule has 0 spiro atoms. The Morgan fingerprint density at radius 2 is 1.78 bits per heavy atom. The molecule has 4 aliphatic rings. The summed E-state index contributed by atoms with van der Waals surface area (Å²) in [6, 6.07) is 16.3. The molecular weight excluding hydrogens is 633 g/mol. The molecule has 6 unspecified atom stereocenters. The number of sulfonamides is 1. The molecule has 3 aliphatic carbocycles. The molecule has 272 valence electrons. The van der Waals surface area contributed by atoms with E-state index < -0.39 is 16.1 Å². The summed E-state index contributed by atoms with van der Waals surface area (Å²) in [6.07, 6.45) is 3.57. The van der Waals surface area contributed by atoms with E-state index in [9.17, 15) is 13.2 Å². The molecule has 1 heterocycles. The zero-order valence-corrected chi connectivity index (χ0v) is 32.4. The molecule has 3 saturated carbocycles. The third kappa shape index (κ3) is 8.89. The lowest BCUT2D eigenvalue weighted by molar-refractivity contribution is -0.136. The summed E-state index contributed by atoms with van der Waals surface area (Å²) in [5.74, 6) is 2.41. The highest BCUT2D eigenvalue weighted by molar-refractivity contribution is 7.89. The van der Waals surface area contributed by atoms with Crippen molar-refractivity contribution in [3.05, 3.63) is 65.2 Å². The summed E-state index contributed by atoms with van der Waals surface area (Å²) in [6.45, 7) is 19.0. The molecule has 2 aromatic carbocycles. The van der Waals surface area contributed by atoms with Crippen molar-refractivity contribution < 1.29 is 17.9 Å². The van der Waals surface area contributed by atoms with Crippen molar-refractivity contribution in [1.29, 1.82) is 0 Å². The van der Waals surface area contributed by atoms with E-state index in [1.54, 1.807) is 0 Å². The van der Waals surface area contributed by atoms with Crippen molar-refractivity contribution in [1.82, 2.24) is 19.4 Å². The number of hydrogen-bond acceptors (Lipinski definition) is 6. The molecule has 4 fully saturated rings. The Morgan fingerprint density at radius 3 is 2.43 bits per heavy atom. The fraction of sp³-hybridized carbons (Fsp3) is 0.675. The highest BCUT2D eigenvalue weighted by atomic mass is 32.2. The van der Waals surface area contributed by atoms with E-state index in [4.69, 9.17) is 4.74 Å². The third-order valence-electron chi connectivity index (χ3n) is 11.6. The lowest BCUT2D eigenvalue weighted by Crippen LogP contribution is -2.61. The normalized spacial score (nSPS) is 26.8. The van der Waals surface area contributed by atoms with Crippen molar-refractivity contribution in [2.24, 2.45) is 28.6 Å². The lowest BCUT2D eigenvalue weighted by atomic mass is 9.45. The number of carbonyl (C=O) groups is 1. The number of ether oxygens (including phenoxy) is 1. The number of benzene rings is 2. The number of nitrogens with one attached hydrogen (secondary N) is 1. The number of rotatable bonds is 14. The molecule has 1 saturated heterocycles. The van der Waals surface area contributed by atoms with E-state index in [2.05, 4.69) is 95.0 Å². The minimum Gasteiger partial charge on any atom is -0.494 e. The molecule has 9 heteroatoms. The van der Waals surface area contributed by atoms with Crippen LogP contribution >= 0.6 is 0 Å². The van der Waals surface area contributed by atoms with Gasteiger partial charge in [-0.3, -0.25) is 9.69 Å². The quantitative estimate of drug-likeness (QED) is 0.242. The Morgan fingerprint density at radius 1 is 1.06 bits per heavy atom. The minimum atomic E-state index is -3.55. The van der Waals surface area contributed by atoms with Crippen LogP contribution in [0.5, 0.6) is 5.75 Å². The predicted molar refractivity (Wildman–Crippen MR) is 199 cm³/mol. The average Bonchev–Trinajstić information content (AvgIpc) is 3.30. The van der Waals surface area contributed by atoms with Crippen LogP contribution in [0.2, 0.25) is 0 Å². The van der Waals surface area contributed by atoms with Gasteiger partial charge in [0.15, 0.2) is 0 Å². The van der Waals surface area contributed by atoms with Gasteiger partial charge in [0.2, 0.25) is 15.9 Å². The van der Waals surface area contributed by atoms with Crippen molar-refractivity contribution in [3.8, 4) is 5.75 Å². The first-order valence-electron chi connectivity index (χ1n) is 18.5. The standard InChI is InChI=1S/C40H62N4O4S/c1-10-48-37-17-12-11-16-31(37)26-43(33(27-42(8)9)23-39(3,4)5)24-29-14-13-15-30(20-29)25-44-36(18-19-49(44,46)47)38(45)41-35-22-32-21-34(28(35)2)40(32,6)7/h11-17,20,28,32-36H,10,18-19,21-27H2,1-9H3,(H,41,45). The summed E-state index contributed by atoms with van der Waals surface area (Å²) in [5.41, 5.74) is 3.65. The number of carbonyl (C=O) groups excluding carboxylic acids is 1. The number of nitrogens with zero attached hydrogens (tertiary/aromatic N) is 3. The van der Waals surface area contributed by atoms with Gasteiger partial charge in [-0.25, -0.2) is 8.42 Å². The first kappa shape index (κ1) is 37.8. The summed E-state index contributed by atoms with van der Waals surface area (Å²) in [5, 5.41) is 3.32. The van der Waals surface area contributed by atoms with Crippen LogP contribution in [0.15, 0.2) is 48.5 Å². The van der Waals surface area contributed by atoms with Gasteiger partial charge in [0.1, 0.15) is 11.8 Å². The van der Waals surface area contributed by atoms with Gasteiger partial charge in [0.05, 0.1) is 12.4 Å². The topological polar surface area (TPSA) is 82.2 Å². The Balaban J connectivity index is 1.35. The zero-order valence-electron chi connectivity index (χ0n) is 31.5. The van der Waals surface area contributed by atoms with Crippen LogP contribution in [0.3, 0.4) is 0 Å². The van der Waals surface area contributed by atoms with Gasteiger partial charge in [0.25, 0.3) is 0 Å². The second-order valence-electron chi connectivity index (χ2n) is 17.2. The van der Waals surface area contributed by atoms with E-state index in [0.29, 0.717) is 42.7 Å². The average molecular weight is 695 g/mol. The smallest absolute Gasteiger partial charge is 0.238 e. The Kier molecular flexibility index (Phi) is 11.6. The van der Waals surface area contributed by atoms with Gasteiger partial charge in [-0.15, -0.1) is 0 Å². The van der Waals surface area contributed by atoms with E-state index in [1.807, 2.05) is 31.2 Å². The van der Waals surface area contributed by atoms with E-state index in [-0.39, 0.29) is 35.7 Å². The predicted octanol–water partition coefficient (Wildman–Crippen LogP) is 6.54. The zero-order chi connectivity index (χ0) is 35.7. The van der Waals surface area contributed by atoms with Gasteiger partial charge in [0, 0.05) is 43.8 Å². The fourth-order valence-corrected chi connectivity index (χ4v) is 10.6. The van der Waals surface area contributed by atoms with Crippen molar-refractivity contribution >= 4 is 15.9 Å². The van der Waals surface area contributed by atoms with Crippen LogP contribution in [-0.4, -0.2) is 79.6 Å².